The Balaban J connectivity index is 3.63. The normalized spacial score (nSPS) is 8.92. The minimum Gasteiger partial charge on any atom is -0.398 e. The average Bonchev–Trinajstić information content (AvgIpc) is 2.13. The fraction of sp³-hybridized carbons (Fsp3) is 0.200. The molecule has 1 rings (SSSR count). The van der Waals surface area contributed by atoms with Gasteiger partial charge in [-0.25, -0.2) is 0 Å². The van der Waals surface area contributed by atoms with E-state index in [1.54, 1.807) is 13.0 Å². The molecule has 0 amide bonds. The summed E-state index contributed by atoms with van der Waals surface area (Å²) in [5.74, 6) is 0. The highest BCUT2D eigenvalue weighted by atomic mass is 14.6. The summed E-state index contributed by atoms with van der Waals surface area (Å²) < 4.78 is 0. The zero-order valence-electron chi connectivity index (χ0n) is 7.55. The molecular weight excluding hydrogens is 162 g/mol. The molecule has 0 aromatic heterocycles. The molecule has 3 nitrogen and oxygen atoms in total. The Kier molecular flexibility index (Phi) is 2.21. The number of nitriles is 2. The maximum Gasteiger partial charge on any atom is 0.101 e. The van der Waals surface area contributed by atoms with Gasteiger partial charge in [0.25, 0.3) is 0 Å². The summed E-state index contributed by atoms with van der Waals surface area (Å²) >= 11 is 0. The molecule has 13 heavy (non-hydrogen) atoms. The van der Waals surface area contributed by atoms with E-state index in [1.165, 1.54) is 0 Å². The minimum absolute atomic E-state index is 0.380. The lowest BCUT2D eigenvalue weighted by Gasteiger charge is -2.07. The first-order valence-corrected chi connectivity index (χ1v) is 3.81. The van der Waals surface area contributed by atoms with Gasteiger partial charge in [0.1, 0.15) is 12.1 Å². The second kappa shape index (κ2) is 3.16. The van der Waals surface area contributed by atoms with Crippen molar-refractivity contribution in [1.29, 1.82) is 10.5 Å². The van der Waals surface area contributed by atoms with Crippen molar-refractivity contribution < 1.29 is 0 Å². The van der Waals surface area contributed by atoms with Crippen molar-refractivity contribution in [2.24, 2.45) is 0 Å². The van der Waals surface area contributed by atoms with Gasteiger partial charge in [0.15, 0.2) is 0 Å². The van der Waals surface area contributed by atoms with Gasteiger partial charge in [-0.3, -0.25) is 0 Å². The lowest BCUT2D eigenvalue weighted by molar-refractivity contribution is 1.32. The summed E-state index contributed by atoms with van der Waals surface area (Å²) in [6.45, 7) is 3.58. The van der Waals surface area contributed by atoms with E-state index in [1.807, 2.05) is 19.1 Å². The van der Waals surface area contributed by atoms with Crippen LogP contribution in [0.3, 0.4) is 0 Å². The van der Waals surface area contributed by atoms with Gasteiger partial charge in [0.05, 0.1) is 11.1 Å². The SMILES string of the molecule is Cc1cc(C#N)c(C#N)c(C)c1N. The summed E-state index contributed by atoms with van der Waals surface area (Å²) in [6.07, 6.45) is 0. The van der Waals surface area contributed by atoms with E-state index >= 15 is 0 Å². The number of aryl methyl sites for hydroxylation is 1. The van der Waals surface area contributed by atoms with E-state index in [2.05, 4.69) is 0 Å². The molecule has 0 bridgehead atoms. The quantitative estimate of drug-likeness (QED) is 0.603. The van der Waals surface area contributed by atoms with Crippen LogP contribution in [-0.2, 0) is 0 Å². The first kappa shape index (κ1) is 9.09. The van der Waals surface area contributed by atoms with Crippen LogP contribution in [0.4, 0.5) is 5.69 Å². The Morgan fingerprint density at radius 2 is 1.85 bits per heavy atom. The monoisotopic (exact) mass is 171 g/mol. The number of hydrogen-bond acceptors (Lipinski definition) is 3. The third-order valence-electron chi connectivity index (χ3n) is 2.07. The van der Waals surface area contributed by atoms with Crippen molar-refractivity contribution in [2.75, 3.05) is 5.73 Å². The number of nitrogens with zero attached hydrogens (tertiary/aromatic N) is 2. The first-order chi connectivity index (χ1) is 6.11. The molecule has 0 saturated carbocycles. The standard InChI is InChI=1S/C10H9N3/c1-6-3-8(4-11)9(5-12)7(2)10(6)13/h3H,13H2,1-2H3. The van der Waals surface area contributed by atoms with E-state index < -0.39 is 0 Å². The second-order valence-electron chi connectivity index (χ2n) is 2.88. The maximum absolute atomic E-state index is 8.79. The van der Waals surface area contributed by atoms with Gasteiger partial charge in [0, 0.05) is 5.69 Å². The molecule has 0 aliphatic heterocycles. The molecule has 0 saturated heterocycles. The van der Waals surface area contributed by atoms with Crippen LogP contribution in [0, 0.1) is 36.5 Å². The topological polar surface area (TPSA) is 73.6 Å². The van der Waals surface area contributed by atoms with Gasteiger partial charge in [-0.15, -0.1) is 0 Å². The third-order valence-corrected chi connectivity index (χ3v) is 2.07. The van der Waals surface area contributed by atoms with Crippen molar-refractivity contribution in [2.45, 2.75) is 13.8 Å². The highest BCUT2D eigenvalue weighted by Gasteiger charge is 2.09. The van der Waals surface area contributed by atoms with Crippen molar-refractivity contribution >= 4 is 5.69 Å². The number of rotatable bonds is 0. The molecule has 0 aliphatic rings. The van der Waals surface area contributed by atoms with Crippen molar-refractivity contribution in [3.63, 3.8) is 0 Å². The Labute approximate surface area is 77.0 Å². The van der Waals surface area contributed by atoms with Crippen LogP contribution in [0.15, 0.2) is 6.07 Å². The molecule has 0 radical (unpaired) electrons. The smallest absolute Gasteiger partial charge is 0.101 e. The van der Waals surface area contributed by atoms with Gasteiger partial charge >= 0.3 is 0 Å². The molecule has 0 spiro atoms. The number of anilines is 1. The van der Waals surface area contributed by atoms with Crippen LogP contribution in [0.5, 0.6) is 0 Å². The van der Waals surface area contributed by atoms with Crippen LogP contribution >= 0.6 is 0 Å². The largest absolute Gasteiger partial charge is 0.398 e. The fourth-order valence-corrected chi connectivity index (χ4v) is 1.23. The Bertz CT molecular complexity index is 433. The van der Waals surface area contributed by atoms with Crippen LogP contribution < -0.4 is 5.73 Å². The third kappa shape index (κ3) is 1.32. The van der Waals surface area contributed by atoms with Crippen molar-refractivity contribution in [1.82, 2.24) is 0 Å². The van der Waals surface area contributed by atoms with E-state index in [0.29, 0.717) is 22.4 Å². The highest BCUT2D eigenvalue weighted by Crippen LogP contribution is 2.23. The lowest BCUT2D eigenvalue weighted by Crippen LogP contribution is -1.99. The van der Waals surface area contributed by atoms with Gasteiger partial charge < -0.3 is 5.73 Å². The molecule has 1 aromatic rings. The predicted molar refractivity (Wildman–Crippen MR) is 49.8 cm³/mol. The molecular formula is C10H9N3. The van der Waals surface area contributed by atoms with Gasteiger partial charge in [-0.1, -0.05) is 0 Å². The van der Waals surface area contributed by atoms with Crippen LogP contribution in [0.25, 0.3) is 0 Å². The molecule has 0 aliphatic carbocycles. The summed E-state index contributed by atoms with van der Waals surface area (Å²) in [6, 6.07) is 5.60. The molecule has 0 fully saturated rings. The number of benzene rings is 1. The fourth-order valence-electron chi connectivity index (χ4n) is 1.23. The van der Waals surface area contributed by atoms with E-state index in [9.17, 15) is 0 Å². The first-order valence-electron chi connectivity index (χ1n) is 3.81. The summed E-state index contributed by atoms with van der Waals surface area (Å²) in [5, 5.41) is 17.5. The zero-order valence-corrected chi connectivity index (χ0v) is 7.55. The maximum atomic E-state index is 8.79. The predicted octanol–water partition coefficient (Wildman–Crippen LogP) is 1.63. The van der Waals surface area contributed by atoms with Gasteiger partial charge in [-0.2, -0.15) is 10.5 Å². The van der Waals surface area contributed by atoms with Crippen LogP contribution in [0.2, 0.25) is 0 Å². The molecule has 0 unspecified atom stereocenters. The number of hydrogen-bond donors (Lipinski definition) is 1. The average molecular weight is 171 g/mol. The summed E-state index contributed by atoms with van der Waals surface area (Å²) in [7, 11) is 0. The Hall–Kier alpha value is -2.00. The number of nitrogens with two attached hydrogens (primary N) is 1. The van der Waals surface area contributed by atoms with Gasteiger partial charge in [-0.05, 0) is 31.0 Å². The van der Waals surface area contributed by atoms with E-state index in [0.717, 1.165) is 5.56 Å². The molecule has 3 heteroatoms. The van der Waals surface area contributed by atoms with Crippen LogP contribution in [0.1, 0.15) is 22.3 Å². The van der Waals surface area contributed by atoms with Crippen LogP contribution in [-0.4, -0.2) is 0 Å². The molecule has 1 aromatic carbocycles. The Morgan fingerprint density at radius 1 is 1.23 bits per heavy atom. The van der Waals surface area contributed by atoms with Crippen molar-refractivity contribution in [3.8, 4) is 12.1 Å². The molecule has 0 atom stereocenters. The van der Waals surface area contributed by atoms with Crippen molar-refractivity contribution in [3.05, 3.63) is 28.3 Å². The van der Waals surface area contributed by atoms with Gasteiger partial charge in [0.2, 0.25) is 0 Å². The van der Waals surface area contributed by atoms with E-state index in [-0.39, 0.29) is 0 Å². The second-order valence-corrected chi connectivity index (χ2v) is 2.88. The van der Waals surface area contributed by atoms with E-state index in [4.69, 9.17) is 16.3 Å². The highest BCUT2D eigenvalue weighted by molar-refractivity contribution is 5.64. The summed E-state index contributed by atoms with van der Waals surface area (Å²) in [5.41, 5.74) is 8.62. The molecule has 2 N–H and O–H groups in total. The molecule has 64 valence electrons. The Morgan fingerprint density at radius 3 is 2.31 bits per heavy atom. The summed E-state index contributed by atoms with van der Waals surface area (Å²) in [4.78, 5) is 0. The molecule has 0 heterocycles. The lowest BCUT2D eigenvalue weighted by atomic mass is 9.98. The minimum atomic E-state index is 0.380. The zero-order chi connectivity index (χ0) is 10.0. The number of nitrogen functional groups attached to an aromatic ring is 1.